The van der Waals surface area contributed by atoms with Crippen LogP contribution in [0.25, 0.3) is 0 Å². The normalized spacial score (nSPS) is 30.1. The maximum absolute atomic E-state index is 13.7. The molecule has 2 N–H and O–H groups in total. The van der Waals surface area contributed by atoms with Crippen LogP contribution in [-0.2, 0) is 26.6 Å². The van der Waals surface area contributed by atoms with E-state index in [1.165, 1.54) is 28.7 Å². The van der Waals surface area contributed by atoms with E-state index in [-0.39, 0.29) is 34.4 Å². The Bertz CT molecular complexity index is 1770. The van der Waals surface area contributed by atoms with Gasteiger partial charge in [0.1, 0.15) is 22.1 Å². The second-order valence-corrected chi connectivity index (χ2v) is 16.6. The van der Waals surface area contributed by atoms with Crippen LogP contribution in [0.5, 0.6) is 5.75 Å². The van der Waals surface area contributed by atoms with Gasteiger partial charge >= 0.3 is 0 Å². The van der Waals surface area contributed by atoms with Crippen molar-refractivity contribution in [2.75, 3.05) is 31.7 Å². The van der Waals surface area contributed by atoms with Crippen LogP contribution in [0, 0.1) is 11.8 Å². The first-order valence-corrected chi connectivity index (χ1v) is 19.1. The molecule has 1 saturated carbocycles. The summed E-state index contributed by atoms with van der Waals surface area (Å²) in [4.78, 5) is 20.2. The number of hydrogen-bond acceptors (Lipinski definition) is 9. The molecule has 1 spiro atoms. The van der Waals surface area contributed by atoms with Crippen molar-refractivity contribution in [2.45, 2.75) is 67.8 Å². The molecule has 0 saturated heterocycles. The summed E-state index contributed by atoms with van der Waals surface area (Å²) in [6, 6.07) is 11.3. The van der Waals surface area contributed by atoms with Crippen molar-refractivity contribution < 1.29 is 27.8 Å². The Kier molecular flexibility index (Phi) is 9.12. The summed E-state index contributed by atoms with van der Waals surface area (Å²) in [6.07, 6.45) is 9.49. The zero-order valence-electron chi connectivity index (χ0n) is 26.3. The van der Waals surface area contributed by atoms with E-state index in [4.69, 9.17) is 21.1 Å². The van der Waals surface area contributed by atoms with Crippen molar-refractivity contribution >= 4 is 44.6 Å². The molecule has 2 bridgehead atoms. The Morgan fingerprint density at radius 3 is 2.85 bits per heavy atom. The van der Waals surface area contributed by atoms with Gasteiger partial charge in [-0.1, -0.05) is 29.8 Å². The van der Waals surface area contributed by atoms with Gasteiger partial charge < -0.3 is 19.5 Å². The zero-order valence-corrected chi connectivity index (χ0v) is 28.7. The minimum absolute atomic E-state index is 0.102. The monoisotopic (exact) mass is 697 g/mol. The van der Waals surface area contributed by atoms with Gasteiger partial charge in [-0.3, -0.25) is 4.79 Å². The topological polar surface area (TPSA) is 118 Å². The van der Waals surface area contributed by atoms with Crippen molar-refractivity contribution in [1.82, 2.24) is 9.71 Å². The highest BCUT2D eigenvalue weighted by molar-refractivity contribution is 7.90. The summed E-state index contributed by atoms with van der Waals surface area (Å²) in [5, 5.41) is 12.6. The van der Waals surface area contributed by atoms with Crippen LogP contribution in [0.4, 0.5) is 5.69 Å². The van der Waals surface area contributed by atoms with Crippen LogP contribution in [0.1, 0.15) is 71.1 Å². The molecule has 3 heterocycles. The number of aryl methyl sites for hydroxylation is 1. The number of halogens is 1. The van der Waals surface area contributed by atoms with Gasteiger partial charge in [0.15, 0.2) is 0 Å². The van der Waals surface area contributed by atoms with Crippen molar-refractivity contribution in [1.29, 1.82) is 0 Å². The number of benzene rings is 2. The van der Waals surface area contributed by atoms with Gasteiger partial charge in [-0.25, -0.2) is 18.1 Å². The van der Waals surface area contributed by atoms with Gasteiger partial charge in [0, 0.05) is 47.8 Å². The average Bonchev–Trinajstić information content (AvgIpc) is 3.54. The summed E-state index contributed by atoms with van der Waals surface area (Å²) in [5.41, 5.74) is 3.21. The highest BCUT2D eigenvalue weighted by Gasteiger charge is 2.45. The highest BCUT2D eigenvalue weighted by atomic mass is 35.5. The molecule has 47 heavy (non-hydrogen) atoms. The SMILES string of the molecule is CO[C@H]1/C=C/CC[C@H]([C@@H](O)c2nccs2)S(=O)(=O)NC(=O)c2ccc3c(c2)N(C[C@@H]2CC[C@H]21)C[C@@]1(CCCc2cc(Cl)ccc21)CO3. The number of aliphatic hydroxyl groups excluding tert-OH is 1. The van der Waals surface area contributed by atoms with E-state index in [9.17, 15) is 18.3 Å². The lowest BCUT2D eigenvalue weighted by Crippen LogP contribution is -2.49. The van der Waals surface area contributed by atoms with E-state index in [0.717, 1.165) is 49.4 Å². The fourth-order valence-corrected chi connectivity index (χ4v) is 10.4. The molecule has 0 unspecified atom stereocenters. The lowest BCUT2D eigenvalue weighted by molar-refractivity contribution is 0.0131. The Morgan fingerprint density at radius 2 is 2.09 bits per heavy atom. The number of carbonyl (C=O) groups excluding carboxylic acids is 1. The number of sulfonamides is 1. The van der Waals surface area contributed by atoms with Crippen LogP contribution in [-0.4, -0.2) is 62.6 Å². The van der Waals surface area contributed by atoms with E-state index in [1.54, 1.807) is 30.7 Å². The number of aliphatic hydroxyl groups is 1. The third-order valence-electron chi connectivity index (χ3n) is 10.6. The molecule has 2 aliphatic carbocycles. The Morgan fingerprint density at radius 1 is 1.21 bits per heavy atom. The Balaban J connectivity index is 1.29. The molecule has 2 aliphatic heterocycles. The number of rotatable bonds is 3. The largest absolute Gasteiger partial charge is 0.490 e. The second kappa shape index (κ2) is 13.2. The standard InChI is InChI=1S/C35H40ClN3O6S2/c1-44-29-6-2-3-7-31(32(40)34-37-15-16-46-34)47(42,43)38-33(41)23-9-13-30-28(18-23)39(19-24-8-11-26(24)29)20-35(21-45-30)14-4-5-22-17-25(36)10-12-27(22)35/h2,6,9-10,12-13,15-18,24,26,29,31-32,40H,3-5,7-8,11,14,19-21H2,1H3,(H,38,41)/b6-2+/t24-,26+,29-,31+,32+,35-/m0/s1. The number of methoxy groups -OCH3 is 1. The first-order chi connectivity index (χ1) is 22.7. The predicted octanol–water partition coefficient (Wildman–Crippen LogP) is 5.82. The number of thiazole rings is 1. The van der Waals surface area contributed by atoms with Gasteiger partial charge in [0.2, 0.25) is 10.0 Å². The van der Waals surface area contributed by atoms with Crippen molar-refractivity contribution in [3.05, 3.63) is 86.8 Å². The predicted molar refractivity (Wildman–Crippen MR) is 183 cm³/mol. The van der Waals surface area contributed by atoms with Crippen molar-refractivity contribution in [3.63, 3.8) is 0 Å². The van der Waals surface area contributed by atoms with Crippen LogP contribution < -0.4 is 14.4 Å². The number of ether oxygens (including phenoxy) is 2. The molecule has 1 aromatic heterocycles. The first-order valence-electron chi connectivity index (χ1n) is 16.3. The second-order valence-electron chi connectivity index (χ2n) is 13.3. The van der Waals surface area contributed by atoms with E-state index >= 15 is 0 Å². The van der Waals surface area contributed by atoms with Gasteiger partial charge in [-0.05, 0) is 98.2 Å². The number of fused-ring (bicyclic) bond motifs is 4. The molecular formula is C35H40ClN3O6S2. The Labute approximate surface area is 285 Å². The lowest BCUT2D eigenvalue weighted by Gasteiger charge is -2.46. The maximum Gasteiger partial charge on any atom is 0.264 e. The molecule has 7 rings (SSSR count). The number of amides is 1. The summed E-state index contributed by atoms with van der Waals surface area (Å²) in [6.45, 7) is 1.93. The molecule has 4 aliphatic rings. The van der Waals surface area contributed by atoms with Crippen LogP contribution in [0.15, 0.2) is 60.1 Å². The number of hydrogen-bond donors (Lipinski definition) is 2. The molecular weight excluding hydrogens is 658 g/mol. The van der Waals surface area contributed by atoms with Crippen molar-refractivity contribution in [2.24, 2.45) is 11.8 Å². The van der Waals surface area contributed by atoms with E-state index < -0.39 is 27.3 Å². The Hall–Kier alpha value is -2.96. The van der Waals surface area contributed by atoms with Crippen molar-refractivity contribution in [3.8, 4) is 5.75 Å². The average molecular weight is 698 g/mol. The molecule has 9 nitrogen and oxygen atoms in total. The number of nitrogens with zero attached hydrogens (tertiary/aromatic N) is 2. The molecule has 12 heteroatoms. The lowest BCUT2D eigenvalue weighted by atomic mass is 9.68. The molecule has 2 aromatic carbocycles. The minimum Gasteiger partial charge on any atom is -0.490 e. The summed E-state index contributed by atoms with van der Waals surface area (Å²) >= 11 is 7.60. The molecule has 6 atom stereocenters. The number of anilines is 1. The molecule has 1 fully saturated rings. The first kappa shape index (κ1) is 32.6. The molecule has 1 amide bonds. The van der Waals surface area contributed by atoms with Crippen LogP contribution >= 0.6 is 22.9 Å². The molecule has 0 radical (unpaired) electrons. The molecule has 3 aromatic rings. The summed E-state index contributed by atoms with van der Waals surface area (Å²) in [7, 11) is -2.59. The third kappa shape index (κ3) is 6.33. The quantitative estimate of drug-likeness (QED) is 0.329. The fourth-order valence-electron chi connectivity index (χ4n) is 7.97. The zero-order chi connectivity index (χ0) is 32.8. The van der Waals surface area contributed by atoms with Gasteiger partial charge in [0.25, 0.3) is 5.91 Å². The number of allylic oxidation sites excluding steroid dienone is 1. The molecule has 250 valence electrons. The maximum atomic E-state index is 13.7. The van der Waals surface area contributed by atoms with E-state index in [1.807, 2.05) is 18.2 Å². The number of nitrogens with one attached hydrogen (secondary N) is 1. The van der Waals surface area contributed by atoms with E-state index in [0.29, 0.717) is 31.2 Å². The number of carbonyl (C=O) groups is 1. The smallest absolute Gasteiger partial charge is 0.264 e. The van der Waals surface area contributed by atoms with Crippen LogP contribution in [0.3, 0.4) is 0 Å². The minimum atomic E-state index is -4.31. The highest BCUT2D eigenvalue weighted by Crippen LogP contribution is 2.47. The summed E-state index contributed by atoms with van der Waals surface area (Å²) < 4.78 is 42.3. The number of aromatic nitrogens is 1. The van der Waals surface area contributed by atoms with Gasteiger partial charge in [-0.15, -0.1) is 11.3 Å². The van der Waals surface area contributed by atoms with E-state index in [2.05, 4.69) is 26.7 Å². The summed E-state index contributed by atoms with van der Waals surface area (Å²) in [5.74, 6) is 0.562. The van der Waals surface area contributed by atoms with Gasteiger partial charge in [0.05, 0.1) is 18.4 Å². The third-order valence-corrected chi connectivity index (χ3v) is 13.4. The van der Waals surface area contributed by atoms with Gasteiger partial charge in [-0.2, -0.15) is 0 Å². The van der Waals surface area contributed by atoms with Crippen LogP contribution in [0.2, 0.25) is 5.02 Å². The fraction of sp³-hybridized carbons (Fsp3) is 0.486.